The normalized spacial score (nSPS) is 14.0. The quantitative estimate of drug-likeness (QED) is 0.0704. The number of nitrogens with zero attached hydrogens (tertiary/aromatic N) is 2. The summed E-state index contributed by atoms with van der Waals surface area (Å²) in [6.45, 7) is 23.7. The summed E-state index contributed by atoms with van der Waals surface area (Å²) in [5, 5.41) is 9.76. The molecule has 2 rings (SSSR count). The van der Waals surface area contributed by atoms with Gasteiger partial charge in [-0.05, 0) is 73.1 Å². The summed E-state index contributed by atoms with van der Waals surface area (Å²) in [4.78, 5) is 53.1. The van der Waals surface area contributed by atoms with Gasteiger partial charge < -0.3 is 49.6 Å². The molecule has 52 heavy (non-hydrogen) atoms. The van der Waals surface area contributed by atoms with E-state index in [9.17, 15) is 14.4 Å². The number of aromatic amines is 1. The van der Waals surface area contributed by atoms with Gasteiger partial charge in [-0.1, -0.05) is 68.4 Å². The highest BCUT2D eigenvalue weighted by molar-refractivity contribution is 5.95. The molecule has 0 fully saturated rings. The number of nitrogens with one attached hydrogen (secondary N) is 4. The third kappa shape index (κ3) is 13.0. The fourth-order valence-electron chi connectivity index (χ4n) is 6.00. The minimum Gasteiger partial charge on any atom is -0.370 e. The molecule has 14 nitrogen and oxygen atoms in total. The number of aromatic nitrogens is 1. The van der Waals surface area contributed by atoms with Gasteiger partial charge in [-0.2, -0.15) is 0 Å². The first kappa shape index (κ1) is 43.8. The van der Waals surface area contributed by atoms with Crippen LogP contribution in [-0.4, -0.2) is 71.9 Å². The molecule has 0 unspecified atom stereocenters. The standard InChI is InChI=1S/C38H67N11O3/c1-21(2)46-32(51)27(15-13-17-45-35(42)43)47-33(52)28(48-31(50)26(39)14-12-16-44-34(40)41)20-24-23-18-22(36(3,4)5)19-25(37(6,7)8)29(23)49-30(24)38(9,10)11/h18-19,21,26-28,49H,12-17,20,39H2,1-11H3,(H,46,51)(H,47,52)(H,48,50)(H4,40,41,44)(H4,42,43,45)/t26-,27-,28-/m0/s1. The van der Waals surface area contributed by atoms with Crippen LogP contribution in [0.4, 0.5) is 0 Å². The van der Waals surface area contributed by atoms with Crippen LogP contribution in [0.1, 0.15) is 124 Å². The number of rotatable bonds is 16. The molecule has 292 valence electrons. The zero-order valence-corrected chi connectivity index (χ0v) is 33.4. The van der Waals surface area contributed by atoms with Crippen molar-refractivity contribution in [2.75, 3.05) is 13.1 Å². The van der Waals surface area contributed by atoms with Crippen molar-refractivity contribution >= 4 is 40.5 Å². The number of benzene rings is 1. The summed E-state index contributed by atoms with van der Waals surface area (Å²) in [5.74, 6) is -1.45. The second-order valence-corrected chi connectivity index (χ2v) is 17.2. The van der Waals surface area contributed by atoms with Crippen molar-refractivity contribution < 1.29 is 14.4 Å². The molecule has 0 aliphatic rings. The van der Waals surface area contributed by atoms with E-state index in [1.165, 1.54) is 0 Å². The minimum absolute atomic E-state index is 0.0401. The average Bonchev–Trinajstić information content (AvgIpc) is 3.37. The van der Waals surface area contributed by atoms with Gasteiger partial charge in [0, 0.05) is 47.6 Å². The predicted octanol–water partition coefficient (Wildman–Crippen LogP) is 2.53. The molecule has 1 aromatic carbocycles. The lowest BCUT2D eigenvalue weighted by Gasteiger charge is -2.27. The van der Waals surface area contributed by atoms with Crippen LogP contribution >= 0.6 is 0 Å². The van der Waals surface area contributed by atoms with Gasteiger partial charge in [0.25, 0.3) is 0 Å². The summed E-state index contributed by atoms with van der Waals surface area (Å²) in [5.41, 5.74) is 32.7. The molecule has 3 atom stereocenters. The Hall–Kier alpha value is -4.33. The molecule has 1 heterocycles. The molecule has 14 heteroatoms. The van der Waals surface area contributed by atoms with Crippen LogP contribution in [-0.2, 0) is 37.0 Å². The Balaban J connectivity index is 2.72. The van der Waals surface area contributed by atoms with Crippen molar-refractivity contribution in [2.24, 2.45) is 38.7 Å². The lowest BCUT2D eigenvalue weighted by molar-refractivity contribution is -0.132. The number of hydrogen-bond donors (Lipinski definition) is 9. The molecule has 1 aromatic heterocycles. The van der Waals surface area contributed by atoms with Gasteiger partial charge in [-0.25, -0.2) is 0 Å². The smallest absolute Gasteiger partial charge is 0.243 e. The Morgan fingerprint density at radius 1 is 0.712 bits per heavy atom. The molecule has 0 saturated heterocycles. The average molecular weight is 726 g/mol. The van der Waals surface area contributed by atoms with E-state index in [2.05, 4.69) is 105 Å². The monoisotopic (exact) mass is 726 g/mol. The summed E-state index contributed by atoms with van der Waals surface area (Å²) >= 11 is 0. The summed E-state index contributed by atoms with van der Waals surface area (Å²) in [6.07, 6.45) is 1.63. The zero-order chi connectivity index (χ0) is 39.8. The number of fused-ring (bicyclic) bond motifs is 1. The van der Waals surface area contributed by atoms with Gasteiger partial charge in [-0.15, -0.1) is 0 Å². The second-order valence-electron chi connectivity index (χ2n) is 17.2. The fourth-order valence-corrected chi connectivity index (χ4v) is 6.00. The first-order chi connectivity index (χ1) is 23.8. The number of carbonyl (C=O) groups is 3. The molecule has 14 N–H and O–H groups in total. The van der Waals surface area contributed by atoms with Crippen molar-refractivity contribution in [3.63, 3.8) is 0 Å². The van der Waals surface area contributed by atoms with E-state index in [-0.39, 0.29) is 59.5 Å². The van der Waals surface area contributed by atoms with Gasteiger partial charge in [0.05, 0.1) is 6.04 Å². The molecule has 0 spiro atoms. The topological polar surface area (TPSA) is 258 Å². The molecule has 0 aliphatic heterocycles. The first-order valence-corrected chi connectivity index (χ1v) is 18.3. The number of nitrogens with two attached hydrogens (primary N) is 5. The van der Waals surface area contributed by atoms with Crippen molar-refractivity contribution in [1.29, 1.82) is 0 Å². The third-order valence-corrected chi connectivity index (χ3v) is 8.79. The summed E-state index contributed by atoms with van der Waals surface area (Å²) in [6, 6.07) is 1.41. The fraction of sp³-hybridized carbons (Fsp3) is 0.658. The van der Waals surface area contributed by atoms with Gasteiger partial charge >= 0.3 is 0 Å². The largest absolute Gasteiger partial charge is 0.370 e. The minimum atomic E-state index is -1.07. The Labute approximate surface area is 310 Å². The summed E-state index contributed by atoms with van der Waals surface area (Å²) in [7, 11) is 0. The van der Waals surface area contributed by atoms with Gasteiger partial charge in [0.1, 0.15) is 12.1 Å². The van der Waals surface area contributed by atoms with E-state index in [0.29, 0.717) is 25.8 Å². The number of carbonyl (C=O) groups excluding carboxylic acids is 3. The van der Waals surface area contributed by atoms with E-state index in [1.807, 2.05) is 13.8 Å². The number of aliphatic imine (C=N–C) groups is 2. The second kappa shape index (κ2) is 17.9. The van der Waals surface area contributed by atoms with Crippen molar-refractivity contribution in [3.05, 3.63) is 34.5 Å². The molecule has 2 aromatic rings. The Morgan fingerprint density at radius 3 is 1.71 bits per heavy atom. The highest BCUT2D eigenvalue weighted by Gasteiger charge is 2.34. The van der Waals surface area contributed by atoms with Crippen LogP contribution in [0.25, 0.3) is 10.9 Å². The number of amides is 3. The highest BCUT2D eigenvalue weighted by atomic mass is 16.2. The number of guanidine groups is 2. The van der Waals surface area contributed by atoms with Gasteiger partial charge in [0.2, 0.25) is 17.7 Å². The van der Waals surface area contributed by atoms with E-state index in [4.69, 9.17) is 28.7 Å². The maximum absolute atomic E-state index is 14.4. The lowest BCUT2D eigenvalue weighted by atomic mass is 9.78. The Morgan fingerprint density at radius 2 is 1.23 bits per heavy atom. The maximum atomic E-state index is 14.4. The SMILES string of the molecule is CC(C)NC(=O)[C@H](CCCN=C(N)N)NC(=O)[C@H](Cc1c(C(C)(C)C)[nH]c2c(C(C)(C)C)cc(C(C)(C)C)cc12)NC(=O)[C@@H](N)CCCN=C(N)N. The van der Waals surface area contributed by atoms with Gasteiger partial charge in [0.15, 0.2) is 11.9 Å². The molecule has 0 saturated carbocycles. The predicted molar refractivity (Wildman–Crippen MR) is 213 cm³/mol. The van der Waals surface area contributed by atoms with Crippen LogP contribution in [0.5, 0.6) is 0 Å². The molecule has 3 amide bonds. The first-order valence-electron chi connectivity index (χ1n) is 18.3. The maximum Gasteiger partial charge on any atom is 0.243 e. The molecular weight excluding hydrogens is 658 g/mol. The lowest BCUT2D eigenvalue weighted by Crippen LogP contribution is -2.57. The van der Waals surface area contributed by atoms with E-state index in [1.54, 1.807) is 0 Å². The molecule has 0 bridgehead atoms. The van der Waals surface area contributed by atoms with Gasteiger partial charge in [-0.3, -0.25) is 24.4 Å². The summed E-state index contributed by atoms with van der Waals surface area (Å²) < 4.78 is 0. The van der Waals surface area contributed by atoms with E-state index < -0.39 is 29.9 Å². The van der Waals surface area contributed by atoms with E-state index in [0.717, 1.165) is 33.3 Å². The molecule has 0 aliphatic carbocycles. The Kier molecular flexibility index (Phi) is 15.1. The van der Waals surface area contributed by atoms with E-state index >= 15 is 0 Å². The van der Waals surface area contributed by atoms with Crippen LogP contribution in [0, 0.1) is 0 Å². The van der Waals surface area contributed by atoms with Crippen molar-refractivity contribution in [1.82, 2.24) is 20.9 Å². The van der Waals surface area contributed by atoms with Crippen LogP contribution < -0.4 is 44.6 Å². The van der Waals surface area contributed by atoms with Crippen molar-refractivity contribution in [2.45, 2.75) is 149 Å². The number of H-pyrrole nitrogens is 1. The van der Waals surface area contributed by atoms with Crippen LogP contribution in [0.3, 0.4) is 0 Å². The Bertz CT molecular complexity index is 1600. The molecular formula is C38H67N11O3. The van der Waals surface area contributed by atoms with Crippen LogP contribution in [0.2, 0.25) is 0 Å². The van der Waals surface area contributed by atoms with Crippen molar-refractivity contribution in [3.8, 4) is 0 Å². The third-order valence-electron chi connectivity index (χ3n) is 8.79. The number of hydrogen-bond acceptors (Lipinski definition) is 6. The van der Waals surface area contributed by atoms with Crippen LogP contribution in [0.15, 0.2) is 22.1 Å². The molecule has 0 radical (unpaired) electrons. The zero-order valence-electron chi connectivity index (χ0n) is 33.4. The highest BCUT2D eigenvalue weighted by Crippen LogP contribution is 2.40.